The van der Waals surface area contributed by atoms with Crippen molar-refractivity contribution >= 4 is 22.6 Å². The first-order valence-corrected chi connectivity index (χ1v) is 8.94. The van der Waals surface area contributed by atoms with E-state index in [9.17, 15) is 9.59 Å². The Kier molecular flexibility index (Phi) is 5.69. The largest absolute Gasteiger partial charge is 0.381 e. The predicted molar refractivity (Wildman–Crippen MR) is 104 cm³/mol. The molecule has 9 nitrogen and oxygen atoms in total. The molecule has 4 N–H and O–H groups in total. The van der Waals surface area contributed by atoms with Crippen molar-refractivity contribution in [1.29, 1.82) is 5.26 Å². The van der Waals surface area contributed by atoms with Gasteiger partial charge in [0.15, 0.2) is 5.82 Å². The number of H-pyrrole nitrogens is 2. The van der Waals surface area contributed by atoms with Gasteiger partial charge in [-0.2, -0.15) is 10.4 Å². The second kappa shape index (κ2) is 8.35. The van der Waals surface area contributed by atoms with Crippen molar-refractivity contribution in [2.75, 3.05) is 19.3 Å². The lowest BCUT2D eigenvalue weighted by Gasteiger charge is -2.16. The quantitative estimate of drug-likeness (QED) is 0.561. The van der Waals surface area contributed by atoms with Crippen LogP contribution in [0.3, 0.4) is 0 Å². The summed E-state index contributed by atoms with van der Waals surface area (Å²) >= 11 is 0. The normalized spacial score (nSPS) is 10.7. The highest BCUT2D eigenvalue weighted by molar-refractivity contribution is 5.78. The van der Waals surface area contributed by atoms with Crippen molar-refractivity contribution in [2.24, 2.45) is 0 Å². The first kappa shape index (κ1) is 19.1. The van der Waals surface area contributed by atoms with Gasteiger partial charge in [-0.05, 0) is 25.0 Å². The zero-order valence-corrected chi connectivity index (χ0v) is 15.5. The number of nitrogen functional groups attached to an aromatic ring is 1. The molecule has 0 saturated heterocycles. The van der Waals surface area contributed by atoms with Gasteiger partial charge in [0.25, 0.3) is 5.56 Å². The number of nitrogens with two attached hydrogens (primary N) is 1. The average molecular weight is 379 g/mol. The molecule has 1 amide bonds. The van der Waals surface area contributed by atoms with Crippen molar-refractivity contribution in [1.82, 2.24) is 25.1 Å². The summed E-state index contributed by atoms with van der Waals surface area (Å²) in [6.45, 7) is 0.532. The zero-order chi connectivity index (χ0) is 20.1. The first-order valence-electron chi connectivity index (χ1n) is 8.94. The standard InChI is InChI=1S/C19H21N7O2/c1-26(10-4-7-15-13(11-20)18(21)25-24-15)17(27)9-8-16-22-14-6-3-2-5-12(14)19(28)23-16/h2-3,5-6H,4,7-10H2,1H3,(H3,21,24,25)(H,22,23,28). The van der Waals surface area contributed by atoms with Crippen LogP contribution in [-0.2, 0) is 17.6 Å². The van der Waals surface area contributed by atoms with Crippen LogP contribution in [0.1, 0.15) is 29.9 Å². The van der Waals surface area contributed by atoms with Crippen LogP contribution in [0.15, 0.2) is 29.1 Å². The lowest BCUT2D eigenvalue weighted by molar-refractivity contribution is -0.129. The third-order valence-electron chi connectivity index (χ3n) is 4.56. The van der Waals surface area contributed by atoms with Crippen LogP contribution in [0.2, 0.25) is 0 Å². The third kappa shape index (κ3) is 4.17. The molecule has 3 rings (SSSR count). The number of aromatic amines is 2. The van der Waals surface area contributed by atoms with Crippen LogP contribution in [-0.4, -0.2) is 44.6 Å². The number of carbonyl (C=O) groups is 1. The number of para-hydroxylation sites is 1. The zero-order valence-electron chi connectivity index (χ0n) is 15.5. The Hall–Kier alpha value is -3.67. The molecule has 0 spiro atoms. The number of carbonyl (C=O) groups excluding carboxylic acids is 1. The molecule has 0 aliphatic rings. The van der Waals surface area contributed by atoms with E-state index in [4.69, 9.17) is 11.0 Å². The van der Waals surface area contributed by atoms with E-state index in [1.807, 2.05) is 12.1 Å². The van der Waals surface area contributed by atoms with Gasteiger partial charge in [0.2, 0.25) is 5.91 Å². The third-order valence-corrected chi connectivity index (χ3v) is 4.56. The molecular weight excluding hydrogens is 358 g/mol. The fourth-order valence-electron chi connectivity index (χ4n) is 2.99. The number of hydrogen-bond donors (Lipinski definition) is 3. The summed E-state index contributed by atoms with van der Waals surface area (Å²) in [5.74, 6) is 0.649. The number of fused-ring (bicyclic) bond motifs is 1. The fraction of sp³-hybridized carbons (Fsp3) is 0.316. The van der Waals surface area contributed by atoms with Gasteiger partial charge in [-0.1, -0.05) is 12.1 Å². The Bertz CT molecular complexity index is 1090. The van der Waals surface area contributed by atoms with E-state index in [-0.39, 0.29) is 23.7 Å². The molecule has 0 atom stereocenters. The van der Waals surface area contributed by atoms with Gasteiger partial charge < -0.3 is 15.6 Å². The van der Waals surface area contributed by atoms with Gasteiger partial charge in [0.1, 0.15) is 17.5 Å². The monoisotopic (exact) mass is 379 g/mol. The Morgan fingerprint density at radius 3 is 2.89 bits per heavy atom. The molecule has 2 aromatic heterocycles. The number of hydrogen-bond acceptors (Lipinski definition) is 6. The smallest absolute Gasteiger partial charge is 0.258 e. The molecule has 28 heavy (non-hydrogen) atoms. The molecule has 144 valence electrons. The minimum atomic E-state index is -0.200. The number of amides is 1. The van der Waals surface area contributed by atoms with Crippen molar-refractivity contribution in [3.05, 3.63) is 51.7 Å². The van der Waals surface area contributed by atoms with Crippen LogP contribution >= 0.6 is 0 Å². The van der Waals surface area contributed by atoms with Crippen molar-refractivity contribution in [3.63, 3.8) is 0 Å². The van der Waals surface area contributed by atoms with Gasteiger partial charge >= 0.3 is 0 Å². The number of anilines is 1. The molecule has 9 heteroatoms. The van der Waals surface area contributed by atoms with Gasteiger partial charge in [-0.3, -0.25) is 14.7 Å². The van der Waals surface area contributed by atoms with E-state index in [1.165, 1.54) is 0 Å². The molecule has 0 bridgehead atoms. The van der Waals surface area contributed by atoms with E-state index >= 15 is 0 Å². The minimum Gasteiger partial charge on any atom is -0.381 e. The van der Waals surface area contributed by atoms with Crippen LogP contribution in [0.25, 0.3) is 10.9 Å². The van der Waals surface area contributed by atoms with E-state index in [0.717, 1.165) is 0 Å². The molecule has 0 aliphatic carbocycles. The lowest BCUT2D eigenvalue weighted by Crippen LogP contribution is -2.28. The molecule has 0 unspecified atom stereocenters. The average Bonchev–Trinajstić information content (AvgIpc) is 3.05. The highest BCUT2D eigenvalue weighted by atomic mass is 16.2. The first-order chi connectivity index (χ1) is 13.5. The van der Waals surface area contributed by atoms with Crippen LogP contribution in [0.5, 0.6) is 0 Å². The summed E-state index contributed by atoms with van der Waals surface area (Å²) in [5, 5.41) is 16.2. The van der Waals surface area contributed by atoms with E-state index < -0.39 is 0 Å². The van der Waals surface area contributed by atoms with Crippen LogP contribution in [0, 0.1) is 11.3 Å². The molecule has 0 aliphatic heterocycles. The van der Waals surface area contributed by atoms with Crippen LogP contribution in [0.4, 0.5) is 5.82 Å². The van der Waals surface area contributed by atoms with Gasteiger partial charge in [0, 0.05) is 26.4 Å². The minimum absolute atomic E-state index is 0.0413. The summed E-state index contributed by atoms with van der Waals surface area (Å²) in [7, 11) is 1.73. The van der Waals surface area contributed by atoms with E-state index in [1.54, 1.807) is 30.1 Å². The molecule has 2 heterocycles. The molecule has 0 saturated carbocycles. The number of benzene rings is 1. The number of aryl methyl sites for hydroxylation is 2. The number of nitrogens with zero attached hydrogens (tertiary/aromatic N) is 4. The summed E-state index contributed by atoms with van der Waals surface area (Å²) in [4.78, 5) is 33.2. The second-order valence-electron chi connectivity index (χ2n) is 6.52. The molecule has 3 aromatic rings. The van der Waals surface area contributed by atoms with Crippen molar-refractivity contribution < 1.29 is 4.79 Å². The Labute approximate surface area is 161 Å². The number of rotatable bonds is 7. The van der Waals surface area contributed by atoms with Gasteiger partial charge in [0.05, 0.1) is 16.6 Å². The van der Waals surface area contributed by atoms with E-state index in [2.05, 4.69) is 20.2 Å². The topological polar surface area (TPSA) is 145 Å². The van der Waals surface area contributed by atoms with Crippen molar-refractivity contribution in [3.8, 4) is 6.07 Å². The highest BCUT2D eigenvalue weighted by Gasteiger charge is 2.13. The maximum Gasteiger partial charge on any atom is 0.258 e. The van der Waals surface area contributed by atoms with Crippen LogP contribution < -0.4 is 11.3 Å². The summed E-state index contributed by atoms with van der Waals surface area (Å²) in [5.41, 5.74) is 7.07. The van der Waals surface area contributed by atoms with Crippen molar-refractivity contribution in [2.45, 2.75) is 25.7 Å². The number of nitriles is 1. The SMILES string of the molecule is CN(CCCc1[nH]nc(N)c1C#N)C(=O)CCc1nc2ccccc2c(=O)[nH]1. The maximum atomic E-state index is 12.3. The summed E-state index contributed by atoms with van der Waals surface area (Å²) in [6.07, 6.45) is 1.85. The Balaban J connectivity index is 1.52. The van der Waals surface area contributed by atoms with Gasteiger partial charge in [-0.15, -0.1) is 0 Å². The summed E-state index contributed by atoms with van der Waals surface area (Å²) < 4.78 is 0. The fourth-order valence-corrected chi connectivity index (χ4v) is 2.99. The lowest BCUT2D eigenvalue weighted by atomic mass is 10.1. The second-order valence-corrected chi connectivity index (χ2v) is 6.52. The van der Waals surface area contributed by atoms with Gasteiger partial charge in [-0.25, -0.2) is 4.98 Å². The number of aromatic nitrogens is 4. The maximum absolute atomic E-state index is 12.3. The molecule has 1 aromatic carbocycles. The summed E-state index contributed by atoms with van der Waals surface area (Å²) in [6, 6.07) is 9.13. The van der Waals surface area contributed by atoms with E-state index in [0.29, 0.717) is 53.8 Å². The molecule has 0 radical (unpaired) electrons. The highest BCUT2D eigenvalue weighted by Crippen LogP contribution is 2.13. The Morgan fingerprint density at radius 2 is 2.11 bits per heavy atom. The number of nitrogens with one attached hydrogen (secondary N) is 2. The molecule has 0 fully saturated rings. The molecular formula is C19H21N7O2. The Morgan fingerprint density at radius 1 is 1.32 bits per heavy atom. The predicted octanol–water partition coefficient (Wildman–Crippen LogP) is 1.12.